The Morgan fingerprint density at radius 1 is 1.45 bits per heavy atom. The van der Waals surface area contributed by atoms with Crippen LogP contribution in [0.15, 0.2) is 4.36 Å². The number of carbonyl (C=O) groups excluding carboxylic acids is 1. The van der Waals surface area contributed by atoms with Gasteiger partial charge in [0.25, 0.3) is 5.91 Å². The maximum Gasteiger partial charge on any atom is 0.250 e. The lowest BCUT2D eigenvalue weighted by atomic mass is 10.3. The number of amides is 1. The fourth-order valence-electron chi connectivity index (χ4n) is 1.11. The monoisotopic (exact) mass is 174 g/mol. The Bertz CT molecular complexity index is 252. The molecule has 1 radical (unpaired) electrons. The topological polar surface area (TPSA) is 46.5 Å². The van der Waals surface area contributed by atoms with Gasteiger partial charge < -0.3 is 0 Å². The first-order valence-corrected chi connectivity index (χ1v) is 5.52. The molecule has 0 aromatic rings. The third-order valence-corrected chi connectivity index (χ3v) is 3.91. The molecule has 1 aliphatic rings. The zero-order valence-electron chi connectivity index (χ0n) is 6.58. The van der Waals surface area contributed by atoms with Gasteiger partial charge in [0.15, 0.2) is 0 Å². The molecule has 0 atom stereocenters. The van der Waals surface area contributed by atoms with Gasteiger partial charge in [-0.25, -0.2) is 4.21 Å². The third-order valence-electron chi connectivity index (χ3n) is 1.58. The first kappa shape index (κ1) is 8.71. The Morgan fingerprint density at radius 2 is 2.00 bits per heavy atom. The van der Waals surface area contributed by atoms with Crippen LogP contribution in [0.3, 0.4) is 0 Å². The third kappa shape index (κ3) is 2.61. The molecule has 0 saturated carbocycles. The zero-order valence-corrected chi connectivity index (χ0v) is 7.39. The highest BCUT2D eigenvalue weighted by Crippen LogP contribution is 2.12. The molecule has 0 bridgehead atoms. The minimum atomic E-state index is -2.15. The second-order valence-corrected chi connectivity index (χ2v) is 5.20. The van der Waals surface area contributed by atoms with Crippen LogP contribution in [0, 0.1) is 6.42 Å². The van der Waals surface area contributed by atoms with Crippen molar-refractivity contribution in [2.45, 2.75) is 19.8 Å². The molecular weight excluding hydrogens is 162 g/mol. The first-order valence-electron chi connectivity index (χ1n) is 3.67. The lowest BCUT2D eigenvalue weighted by molar-refractivity contribution is -0.115. The van der Waals surface area contributed by atoms with E-state index in [1.807, 2.05) is 0 Å². The van der Waals surface area contributed by atoms with E-state index in [1.165, 1.54) is 6.92 Å². The van der Waals surface area contributed by atoms with E-state index in [4.69, 9.17) is 0 Å². The van der Waals surface area contributed by atoms with Crippen LogP contribution in [0.5, 0.6) is 0 Å². The number of hydrogen-bond acceptors (Lipinski definition) is 2. The molecular formula is C7H12NO2S. The van der Waals surface area contributed by atoms with E-state index in [0.29, 0.717) is 11.5 Å². The van der Waals surface area contributed by atoms with Crippen LogP contribution < -0.4 is 0 Å². The molecule has 1 rings (SSSR count). The fraction of sp³-hybridized carbons (Fsp3) is 0.714. The number of carbonyl (C=O) groups is 1. The number of nitrogens with zero attached hydrogens (tertiary/aromatic N) is 1. The van der Waals surface area contributed by atoms with Gasteiger partial charge in [-0.2, -0.15) is 4.36 Å². The molecule has 63 valence electrons. The molecule has 3 nitrogen and oxygen atoms in total. The smallest absolute Gasteiger partial charge is 0.250 e. The van der Waals surface area contributed by atoms with Gasteiger partial charge in [-0.15, -0.1) is 0 Å². The quantitative estimate of drug-likeness (QED) is 0.550. The van der Waals surface area contributed by atoms with Gasteiger partial charge in [0, 0.05) is 18.4 Å². The van der Waals surface area contributed by atoms with Crippen molar-refractivity contribution in [3.63, 3.8) is 0 Å². The van der Waals surface area contributed by atoms with E-state index in [9.17, 15) is 9.00 Å². The summed E-state index contributed by atoms with van der Waals surface area (Å²) in [4.78, 5) is 10.6. The van der Waals surface area contributed by atoms with Crippen molar-refractivity contribution in [2.24, 2.45) is 4.36 Å². The molecule has 0 aliphatic carbocycles. The minimum Gasteiger partial charge on any atom is -0.272 e. The van der Waals surface area contributed by atoms with Crippen molar-refractivity contribution in [1.29, 1.82) is 0 Å². The van der Waals surface area contributed by atoms with Crippen LogP contribution in [-0.2, 0) is 14.5 Å². The van der Waals surface area contributed by atoms with Crippen molar-refractivity contribution in [3.05, 3.63) is 6.42 Å². The van der Waals surface area contributed by atoms with Crippen LogP contribution in [-0.4, -0.2) is 21.6 Å². The highest BCUT2D eigenvalue weighted by Gasteiger charge is 2.14. The molecule has 0 aromatic heterocycles. The predicted octanol–water partition coefficient (Wildman–Crippen LogP) is 0.999. The van der Waals surface area contributed by atoms with Crippen molar-refractivity contribution in [2.75, 3.05) is 11.5 Å². The predicted molar refractivity (Wildman–Crippen MR) is 44.5 cm³/mol. The summed E-state index contributed by atoms with van der Waals surface area (Å²) in [5, 5.41) is 0. The van der Waals surface area contributed by atoms with Crippen LogP contribution in [0.4, 0.5) is 0 Å². The molecule has 1 heterocycles. The van der Waals surface area contributed by atoms with Crippen LogP contribution >= 0.6 is 0 Å². The maximum absolute atomic E-state index is 11.6. The van der Waals surface area contributed by atoms with Gasteiger partial charge in [0.1, 0.15) is 0 Å². The van der Waals surface area contributed by atoms with E-state index in [-0.39, 0.29) is 5.91 Å². The summed E-state index contributed by atoms with van der Waals surface area (Å²) < 4.78 is 15.2. The van der Waals surface area contributed by atoms with Crippen LogP contribution in [0.25, 0.3) is 0 Å². The summed E-state index contributed by atoms with van der Waals surface area (Å²) in [5.41, 5.74) is 0. The highest BCUT2D eigenvalue weighted by molar-refractivity contribution is 7.93. The summed E-state index contributed by atoms with van der Waals surface area (Å²) in [6.45, 7) is 1.35. The van der Waals surface area contributed by atoms with Crippen molar-refractivity contribution in [1.82, 2.24) is 0 Å². The van der Waals surface area contributed by atoms with E-state index < -0.39 is 9.73 Å². The van der Waals surface area contributed by atoms with Gasteiger partial charge in [0.05, 0.1) is 9.73 Å². The lowest BCUT2D eigenvalue weighted by Gasteiger charge is -2.13. The van der Waals surface area contributed by atoms with Crippen molar-refractivity contribution < 1.29 is 9.00 Å². The Balaban J connectivity index is 2.80. The fourth-order valence-corrected chi connectivity index (χ4v) is 3.03. The Morgan fingerprint density at radius 3 is 2.45 bits per heavy atom. The average Bonchev–Trinajstić information content (AvgIpc) is 1.85. The van der Waals surface area contributed by atoms with Gasteiger partial charge in [-0.1, -0.05) is 0 Å². The van der Waals surface area contributed by atoms with Crippen molar-refractivity contribution >= 4 is 15.6 Å². The first-order chi connectivity index (χ1) is 5.12. The maximum atomic E-state index is 11.6. The van der Waals surface area contributed by atoms with Crippen molar-refractivity contribution in [3.8, 4) is 0 Å². The van der Waals surface area contributed by atoms with E-state index in [2.05, 4.69) is 10.8 Å². The van der Waals surface area contributed by atoms with Gasteiger partial charge >= 0.3 is 0 Å². The molecule has 1 aliphatic heterocycles. The summed E-state index contributed by atoms with van der Waals surface area (Å²) in [6.07, 6.45) is 3.75. The lowest BCUT2D eigenvalue weighted by Crippen LogP contribution is -2.17. The van der Waals surface area contributed by atoms with E-state index in [1.54, 1.807) is 0 Å². The Hall–Kier alpha value is -0.380. The normalized spacial score (nSPS) is 22.6. The summed E-state index contributed by atoms with van der Waals surface area (Å²) in [7, 11) is -2.15. The second kappa shape index (κ2) is 3.34. The SMILES string of the molecule is CC(=O)N=S1(=O)CC[CH]CC1. The summed E-state index contributed by atoms with van der Waals surface area (Å²) in [5.74, 6) is 0.816. The number of hydrogen-bond donors (Lipinski definition) is 0. The van der Waals surface area contributed by atoms with Crippen LogP contribution in [0.1, 0.15) is 19.8 Å². The van der Waals surface area contributed by atoms with Gasteiger partial charge in [-0.3, -0.25) is 4.79 Å². The largest absolute Gasteiger partial charge is 0.272 e. The minimum absolute atomic E-state index is 0.308. The van der Waals surface area contributed by atoms with Gasteiger partial charge in [-0.05, 0) is 19.3 Å². The second-order valence-electron chi connectivity index (χ2n) is 2.66. The highest BCUT2D eigenvalue weighted by atomic mass is 32.2. The van der Waals surface area contributed by atoms with E-state index >= 15 is 0 Å². The molecule has 0 N–H and O–H groups in total. The number of rotatable bonds is 0. The molecule has 0 unspecified atom stereocenters. The molecule has 1 amide bonds. The summed E-state index contributed by atoms with van der Waals surface area (Å²) >= 11 is 0. The Kier molecular flexibility index (Phi) is 2.65. The molecule has 4 heteroatoms. The molecule has 0 aromatic carbocycles. The standard InChI is InChI=1S/C7H12NO2S/c1-7(9)8-11(10)5-3-2-4-6-11/h2H,3-6H2,1H3. The molecule has 1 fully saturated rings. The van der Waals surface area contributed by atoms with Gasteiger partial charge in [0.2, 0.25) is 0 Å². The Labute approximate surface area is 67.4 Å². The molecule has 1 saturated heterocycles. The zero-order chi connectivity index (χ0) is 8.32. The van der Waals surface area contributed by atoms with E-state index in [0.717, 1.165) is 12.8 Å². The molecule has 0 spiro atoms. The summed E-state index contributed by atoms with van der Waals surface area (Å²) in [6, 6.07) is 0. The van der Waals surface area contributed by atoms with Crippen LogP contribution in [0.2, 0.25) is 0 Å². The average molecular weight is 174 g/mol. The molecule has 11 heavy (non-hydrogen) atoms.